The second-order valence-corrected chi connectivity index (χ2v) is 7.62. The van der Waals surface area contributed by atoms with E-state index in [2.05, 4.69) is 20.2 Å². The number of hydrogen-bond donors (Lipinski definition) is 3. The Balaban J connectivity index is 1.79. The average Bonchev–Trinajstić information content (AvgIpc) is 3.06. The molecule has 2 aromatic carbocycles. The number of aromatic nitrogens is 2. The average molecular weight is 372 g/mol. The summed E-state index contributed by atoms with van der Waals surface area (Å²) < 4.78 is 27.2. The number of nitrogens with zero attached hydrogens (tertiary/aromatic N) is 1. The van der Waals surface area contributed by atoms with E-state index in [9.17, 15) is 13.2 Å². The van der Waals surface area contributed by atoms with E-state index in [4.69, 9.17) is 0 Å². The normalized spacial score (nSPS) is 11.6. The van der Waals surface area contributed by atoms with Gasteiger partial charge >= 0.3 is 0 Å². The Kier molecular flexibility index (Phi) is 5.34. The van der Waals surface area contributed by atoms with Crippen molar-refractivity contribution in [3.8, 4) is 0 Å². The highest BCUT2D eigenvalue weighted by atomic mass is 32.2. The molecule has 0 fully saturated rings. The summed E-state index contributed by atoms with van der Waals surface area (Å²) in [5.41, 5.74) is 1.41. The number of amides is 1. The summed E-state index contributed by atoms with van der Waals surface area (Å²) >= 11 is 0. The zero-order chi connectivity index (χ0) is 18.6. The summed E-state index contributed by atoms with van der Waals surface area (Å²) in [7, 11) is -3.60. The molecule has 3 N–H and O–H groups in total. The lowest BCUT2D eigenvalue weighted by molar-refractivity contribution is 0.102. The molecule has 1 amide bonds. The summed E-state index contributed by atoms with van der Waals surface area (Å²) in [5, 5.41) is 10.3. The number of unbranched alkanes of at least 4 members (excludes halogenated alkanes) is 1. The van der Waals surface area contributed by atoms with Crippen LogP contribution in [0, 0.1) is 0 Å². The Morgan fingerprint density at radius 3 is 2.77 bits per heavy atom. The van der Waals surface area contributed by atoms with Gasteiger partial charge in [-0.05, 0) is 30.7 Å². The molecule has 136 valence electrons. The van der Waals surface area contributed by atoms with Gasteiger partial charge in [-0.2, -0.15) is 5.10 Å². The fraction of sp³-hybridized carbons (Fsp3) is 0.222. The van der Waals surface area contributed by atoms with Crippen LogP contribution in [0.1, 0.15) is 30.3 Å². The quantitative estimate of drug-likeness (QED) is 0.555. The van der Waals surface area contributed by atoms with Gasteiger partial charge in [0.05, 0.1) is 10.4 Å². The van der Waals surface area contributed by atoms with Gasteiger partial charge in [-0.3, -0.25) is 9.89 Å². The molecule has 1 heterocycles. The third kappa shape index (κ3) is 3.92. The van der Waals surface area contributed by atoms with E-state index in [-0.39, 0.29) is 10.6 Å². The van der Waals surface area contributed by atoms with Crippen molar-refractivity contribution in [1.29, 1.82) is 0 Å². The maximum Gasteiger partial charge on any atom is 0.276 e. The highest BCUT2D eigenvalue weighted by Gasteiger charge is 2.17. The van der Waals surface area contributed by atoms with Crippen LogP contribution in [0.5, 0.6) is 0 Å². The minimum absolute atomic E-state index is 0.110. The van der Waals surface area contributed by atoms with Crippen LogP contribution in [-0.2, 0) is 10.0 Å². The van der Waals surface area contributed by atoms with Gasteiger partial charge in [0, 0.05) is 17.6 Å². The van der Waals surface area contributed by atoms with Crippen LogP contribution in [0.25, 0.3) is 10.9 Å². The zero-order valence-corrected chi connectivity index (χ0v) is 15.1. The zero-order valence-electron chi connectivity index (χ0n) is 14.3. The number of carbonyl (C=O) groups is 1. The molecule has 0 aliphatic heterocycles. The third-order valence-corrected chi connectivity index (χ3v) is 5.37. The smallest absolute Gasteiger partial charge is 0.276 e. The predicted molar refractivity (Wildman–Crippen MR) is 101 cm³/mol. The van der Waals surface area contributed by atoms with Crippen LogP contribution < -0.4 is 10.0 Å². The van der Waals surface area contributed by atoms with Crippen LogP contribution in [0.4, 0.5) is 5.69 Å². The van der Waals surface area contributed by atoms with Crippen molar-refractivity contribution < 1.29 is 13.2 Å². The first-order valence-corrected chi connectivity index (χ1v) is 9.84. The maximum atomic E-state index is 12.5. The van der Waals surface area contributed by atoms with Gasteiger partial charge in [0.1, 0.15) is 0 Å². The van der Waals surface area contributed by atoms with Crippen molar-refractivity contribution in [1.82, 2.24) is 14.9 Å². The maximum absolute atomic E-state index is 12.5. The third-order valence-electron chi connectivity index (χ3n) is 3.91. The molecule has 0 spiro atoms. The summed E-state index contributed by atoms with van der Waals surface area (Å²) in [4.78, 5) is 12.6. The van der Waals surface area contributed by atoms with Crippen molar-refractivity contribution in [3.05, 3.63) is 54.2 Å². The lowest BCUT2D eigenvalue weighted by Crippen LogP contribution is -2.24. The van der Waals surface area contributed by atoms with Crippen LogP contribution in [-0.4, -0.2) is 31.1 Å². The highest BCUT2D eigenvalue weighted by Crippen LogP contribution is 2.19. The number of carbonyl (C=O) groups excluding carboxylic acids is 1. The molecule has 1 aromatic heterocycles. The predicted octanol–water partition coefficient (Wildman–Crippen LogP) is 2.89. The standard InChI is InChI=1S/C18H20N4O3S/c1-2-3-11-19-26(24,25)14-8-6-7-13(12-14)20-18(23)17-15-9-4-5-10-16(15)21-22-17/h4-10,12,19H,2-3,11H2,1H3,(H,20,23)(H,21,22). The highest BCUT2D eigenvalue weighted by molar-refractivity contribution is 7.89. The van der Waals surface area contributed by atoms with E-state index < -0.39 is 15.9 Å². The molecule has 0 saturated carbocycles. The summed E-state index contributed by atoms with van der Waals surface area (Å²) in [5.74, 6) is -0.407. The number of anilines is 1. The lowest BCUT2D eigenvalue weighted by atomic mass is 10.2. The van der Waals surface area contributed by atoms with Crippen LogP contribution in [0.2, 0.25) is 0 Å². The Morgan fingerprint density at radius 2 is 1.96 bits per heavy atom. The number of sulfonamides is 1. The fourth-order valence-corrected chi connectivity index (χ4v) is 3.65. The molecule has 0 aliphatic rings. The first kappa shape index (κ1) is 18.1. The molecular weight excluding hydrogens is 352 g/mol. The van der Waals surface area contributed by atoms with Crippen molar-refractivity contribution in [2.24, 2.45) is 0 Å². The topological polar surface area (TPSA) is 104 Å². The molecule has 0 saturated heterocycles. The van der Waals surface area contributed by atoms with Gasteiger partial charge < -0.3 is 5.32 Å². The molecular formula is C18H20N4O3S. The second kappa shape index (κ2) is 7.67. The minimum Gasteiger partial charge on any atom is -0.321 e. The van der Waals surface area contributed by atoms with Crippen molar-refractivity contribution in [2.75, 3.05) is 11.9 Å². The molecule has 0 unspecified atom stereocenters. The molecule has 0 radical (unpaired) electrons. The van der Waals surface area contributed by atoms with E-state index >= 15 is 0 Å². The van der Waals surface area contributed by atoms with E-state index in [1.165, 1.54) is 12.1 Å². The van der Waals surface area contributed by atoms with Gasteiger partial charge in [0.15, 0.2) is 5.69 Å². The lowest BCUT2D eigenvalue weighted by Gasteiger charge is -2.09. The minimum atomic E-state index is -3.60. The molecule has 3 aromatic rings. The molecule has 26 heavy (non-hydrogen) atoms. The number of aromatic amines is 1. The monoisotopic (exact) mass is 372 g/mol. The van der Waals surface area contributed by atoms with Crippen molar-refractivity contribution >= 4 is 32.5 Å². The Bertz CT molecular complexity index is 1030. The Labute approximate surface area is 151 Å². The number of hydrogen-bond acceptors (Lipinski definition) is 4. The van der Waals surface area contributed by atoms with E-state index in [0.29, 0.717) is 17.6 Å². The van der Waals surface area contributed by atoms with E-state index in [0.717, 1.165) is 18.4 Å². The molecule has 3 rings (SSSR count). The first-order valence-electron chi connectivity index (χ1n) is 8.35. The van der Waals surface area contributed by atoms with Gasteiger partial charge in [0.2, 0.25) is 10.0 Å². The molecule has 0 atom stereocenters. The first-order chi connectivity index (χ1) is 12.5. The molecule has 8 heteroatoms. The number of fused-ring (bicyclic) bond motifs is 1. The molecule has 0 aliphatic carbocycles. The van der Waals surface area contributed by atoms with E-state index in [1.54, 1.807) is 18.2 Å². The largest absolute Gasteiger partial charge is 0.321 e. The van der Waals surface area contributed by atoms with Crippen LogP contribution in [0.3, 0.4) is 0 Å². The van der Waals surface area contributed by atoms with Crippen molar-refractivity contribution in [3.63, 3.8) is 0 Å². The summed E-state index contributed by atoms with van der Waals surface area (Å²) in [6.45, 7) is 2.37. The number of para-hydroxylation sites is 1. The summed E-state index contributed by atoms with van der Waals surface area (Å²) in [6, 6.07) is 13.5. The molecule has 0 bridgehead atoms. The van der Waals surface area contributed by atoms with Crippen LogP contribution >= 0.6 is 0 Å². The fourth-order valence-electron chi connectivity index (χ4n) is 2.53. The summed E-state index contributed by atoms with van der Waals surface area (Å²) in [6.07, 6.45) is 1.66. The van der Waals surface area contributed by atoms with Crippen molar-refractivity contribution in [2.45, 2.75) is 24.7 Å². The number of rotatable bonds is 7. The second-order valence-electron chi connectivity index (χ2n) is 5.85. The van der Waals surface area contributed by atoms with Crippen LogP contribution in [0.15, 0.2) is 53.4 Å². The van der Waals surface area contributed by atoms with Gasteiger partial charge in [-0.25, -0.2) is 13.1 Å². The Hall–Kier alpha value is -2.71. The number of nitrogens with one attached hydrogen (secondary N) is 3. The number of benzene rings is 2. The van der Waals surface area contributed by atoms with E-state index in [1.807, 2.05) is 25.1 Å². The Morgan fingerprint density at radius 1 is 1.15 bits per heavy atom. The van der Waals surface area contributed by atoms with Gasteiger partial charge in [0.25, 0.3) is 5.91 Å². The number of H-pyrrole nitrogens is 1. The molecule has 7 nitrogen and oxygen atoms in total. The van der Waals surface area contributed by atoms with Gasteiger partial charge in [-0.15, -0.1) is 0 Å². The van der Waals surface area contributed by atoms with Gasteiger partial charge in [-0.1, -0.05) is 37.6 Å². The SMILES string of the molecule is CCCCNS(=O)(=O)c1cccc(NC(=O)c2n[nH]c3ccccc23)c1.